The molecule has 4 rings (SSSR count). The van der Waals surface area contributed by atoms with Crippen LogP contribution in [-0.2, 0) is 6.54 Å². The van der Waals surface area contributed by atoms with Crippen LogP contribution in [0.5, 0.6) is 11.6 Å². The van der Waals surface area contributed by atoms with Gasteiger partial charge in [-0.15, -0.1) is 0 Å². The minimum absolute atomic E-state index is 0.0789. The summed E-state index contributed by atoms with van der Waals surface area (Å²) in [6, 6.07) is 10.6. The van der Waals surface area contributed by atoms with Crippen LogP contribution in [0.25, 0.3) is 22.0 Å². The van der Waals surface area contributed by atoms with E-state index in [1.165, 1.54) is 4.68 Å². The Kier molecular flexibility index (Phi) is 7.13. The van der Waals surface area contributed by atoms with Crippen molar-refractivity contribution in [1.29, 1.82) is 0 Å². The van der Waals surface area contributed by atoms with E-state index in [1.54, 1.807) is 13.0 Å². The fourth-order valence-electron chi connectivity index (χ4n) is 3.37. The first-order chi connectivity index (χ1) is 16.2. The van der Waals surface area contributed by atoms with Gasteiger partial charge in [0.2, 0.25) is 11.7 Å². The zero-order valence-corrected chi connectivity index (χ0v) is 20.6. The molecular weight excluding hydrogens is 591 g/mol. The van der Waals surface area contributed by atoms with Crippen molar-refractivity contribution >= 4 is 42.6 Å². The average Bonchev–Trinajstić information content (AvgIpc) is 3.20. The lowest BCUT2D eigenvalue weighted by Gasteiger charge is -2.12. The SMILES string of the molecule is CCOc1cc(-c2c(F)c(F)c(F)c(F)c2F)nn1CCOc1ccc2cc(Br)ccc2c1Br. The molecule has 3 aromatic carbocycles. The maximum atomic E-state index is 14.2. The Bertz CT molecular complexity index is 1370. The van der Waals surface area contributed by atoms with Crippen molar-refractivity contribution in [3.05, 3.63) is 74.4 Å². The first-order valence-corrected chi connectivity index (χ1v) is 11.5. The van der Waals surface area contributed by atoms with Crippen molar-refractivity contribution in [3.8, 4) is 22.9 Å². The molecule has 0 saturated heterocycles. The minimum Gasteiger partial charge on any atom is -0.490 e. The summed E-state index contributed by atoms with van der Waals surface area (Å²) in [6.07, 6.45) is 0. The maximum absolute atomic E-state index is 14.2. The third-order valence-corrected chi connectivity index (χ3v) is 6.25. The van der Waals surface area contributed by atoms with Crippen molar-refractivity contribution in [2.75, 3.05) is 13.2 Å². The van der Waals surface area contributed by atoms with Gasteiger partial charge in [0, 0.05) is 10.5 Å². The molecule has 0 unspecified atom stereocenters. The largest absolute Gasteiger partial charge is 0.490 e. The van der Waals surface area contributed by atoms with Gasteiger partial charge in [0.05, 0.1) is 23.2 Å². The Labute approximate surface area is 207 Å². The van der Waals surface area contributed by atoms with Gasteiger partial charge in [0.1, 0.15) is 18.1 Å². The molecule has 4 aromatic rings. The third kappa shape index (κ3) is 4.50. The number of benzene rings is 3. The van der Waals surface area contributed by atoms with Crippen molar-refractivity contribution < 1.29 is 31.4 Å². The predicted octanol–water partition coefficient (Wildman–Crippen LogP) is 7.40. The van der Waals surface area contributed by atoms with Gasteiger partial charge >= 0.3 is 0 Å². The molecule has 0 aliphatic carbocycles. The van der Waals surface area contributed by atoms with Gasteiger partial charge in [-0.1, -0.05) is 28.1 Å². The second kappa shape index (κ2) is 9.91. The van der Waals surface area contributed by atoms with Crippen molar-refractivity contribution in [2.45, 2.75) is 13.5 Å². The highest BCUT2D eigenvalue weighted by Crippen LogP contribution is 2.35. The molecular formula is C23H15Br2F5N2O2. The fourth-order valence-corrected chi connectivity index (χ4v) is 4.36. The fraction of sp³-hybridized carbons (Fsp3) is 0.174. The van der Waals surface area contributed by atoms with Crippen LogP contribution in [0.4, 0.5) is 22.0 Å². The Hall–Kier alpha value is -2.66. The molecule has 34 heavy (non-hydrogen) atoms. The lowest BCUT2D eigenvalue weighted by Crippen LogP contribution is -2.12. The molecule has 1 aromatic heterocycles. The summed E-state index contributed by atoms with van der Waals surface area (Å²) in [5, 5.41) is 5.93. The molecule has 0 spiro atoms. The van der Waals surface area contributed by atoms with Gasteiger partial charge in [-0.3, -0.25) is 0 Å². The van der Waals surface area contributed by atoms with E-state index in [0.717, 1.165) is 25.8 Å². The number of halogens is 7. The van der Waals surface area contributed by atoms with E-state index in [-0.39, 0.29) is 25.6 Å². The molecule has 0 aliphatic heterocycles. The Morgan fingerprint density at radius 1 is 0.853 bits per heavy atom. The van der Waals surface area contributed by atoms with Crippen LogP contribution in [0.15, 0.2) is 45.3 Å². The zero-order valence-electron chi connectivity index (χ0n) is 17.4. The molecule has 11 heteroatoms. The highest BCUT2D eigenvalue weighted by atomic mass is 79.9. The highest BCUT2D eigenvalue weighted by Gasteiger charge is 2.28. The Morgan fingerprint density at radius 3 is 2.21 bits per heavy atom. The van der Waals surface area contributed by atoms with Gasteiger partial charge in [-0.2, -0.15) is 5.10 Å². The van der Waals surface area contributed by atoms with E-state index < -0.39 is 40.3 Å². The topological polar surface area (TPSA) is 36.3 Å². The molecule has 4 nitrogen and oxygen atoms in total. The van der Waals surface area contributed by atoms with Gasteiger partial charge in [-0.05, 0) is 51.8 Å². The number of aromatic nitrogens is 2. The molecule has 0 radical (unpaired) electrons. The van der Waals surface area contributed by atoms with Gasteiger partial charge in [-0.25, -0.2) is 26.6 Å². The smallest absolute Gasteiger partial charge is 0.212 e. The molecule has 0 aliphatic rings. The van der Waals surface area contributed by atoms with E-state index in [4.69, 9.17) is 9.47 Å². The summed E-state index contributed by atoms with van der Waals surface area (Å²) in [7, 11) is 0. The average molecular weight is 606 g/mol. The zero-order chi connectivity index (χ0) is 24.6. The van der Waals surface area contributed by atoms with Crippen LogP contribution < -0.4 is 9.47 Å². The molecule has 0 amide bonds. The Morgan fingerprint density at radius 2 is 1.53 bits per heavy atom. The number of hydrogen-bond donors (Lipinski definition) is 0. The number of fused-ring (bicyclic) bond motifs is 1. The quantitative estimate of drug-likeness (QED) is 0.125. The van der Waals surface area contributed by atoms with E-state index in [1.807, 2.05) is 24.3 Å². The van der Waals surface area contributed by atoms with Crippen LogP contribution in [-0.4, -0.2) is 23.0 Å². The predicted molar refractivity (Wildman–Crippen MR) is 123 cm³/mol. The number of ether oxygens (including phenoxy) is 2. The highest BCUT2D eigenvalue weighted by molar-refractivity contribution is 9.11. The first-order valence-electron chi connectivity index (χ1n) is 9.96. The lowest BCUT2D eigenvalue weighted by atomic mass is 10.1. The molecule has 0 saturated carbocycles. The van der Waals surface area contributed by atoms with Crippen molar-refractivity contribution in [2.24, 2.45) is 0 Å². The normalized spacial score (nSPS) is 11.3. The van der Waals surface area contributed by atoms with Crippen LogP contribution >= 0.6 is 31.9 Å². The minimum atomic E-state index is -2.23. The lowest BCUT2D eigenvalue weighted by molar-refractivity contribution is 0.259. The monoisotopic (exact) mass is 604 g/mol. The van der Waals surface area contributed by atoms with Crippen LogP contribution in [0, 0.1) is 29.1 Å². The van der Waals surface area contributed by atoms with Crippen LogP contribution in [0.3, 0.4) is 0 Å². The van der Waals surface area contributed by atoms with Crippen LogP contribution in [0.2, 0.25) is 0 Å². The van der Waals surface area contributed by atoms with E-state index in [0.29, 0.717) is 5.75 Å². The van der Waals surface area contributed by atoms with Crippen LogP contribution in [0.1, 0.15) is 6.92 Å². The molecule has 178 valence electrons. The molecule has 0 atom stereocenters. The van der Waals surface area contributed by atoms with Gasteiger partial charge in [0.15, 0.2) is 23.3 Å². The second-order valence-corrected chi connectivity index (χ2v) is 8.77. The van der Waals surface area contributed by atoms with Crippen molar-refractivity contribution in [3.63, 3.8) is 0 Å². The van der Waals surface area contributed by atoms with Gasteiger partial charge < -0.3 is 9.47 Å². The van der Waals surface area contributed by atoms with Crippen molar-refractivity contribution in [1.82, 2.24) is 9.78 Å². The number of hydrogen-bond acceptors (Lipinski definition) is 3. The number of rotatable bonds is 7. The summed E-state index contributed by atoms with van der Waals surface area (Å²) in [5.74, 6) is -9.60. The Balaban J connectivity index is 1.60. The first kappa shape index (κ1) is 24.5. The van der Waals surface area contributed by atoms with Gasteiger partial charge in [0.25, 0.3) is 0 Å². The number of nitrogens with zero attached hydrogens (tertiary/aromatic N) is 2. The maximum Gasteiger partial charge on any atom is 0.212 e. The van der Waals surface area contributed by atoms with E-state index >= 15 is 0 Å². The van der Waals surface area contributed by atoms with E-state index in [9.17, 15) is 22.0 Å². The standard InChI is InChI=1S/C23H15Br2F5N2O2/c1-2-33-16-10-14(17-19(26)21(28)23(30)22(29)20(17)27)31-32(16)7-8-34-15-6-3-11-9-12(24)4-5-13(11)18(15)25/h3-6,9-10H,2,7-8H2,1H3. The summed E-state index contributed by atoms with van der Waals surface area (Å²) in [6.45, 7) is 2.03. The molecule has 0 bridgehead atoms. The molecule has 0 fully saturated rings. The summed E-state index contributed by atoms with van der Waals surface area (Å²) < 4.78 is 83.4. The summed E-state index contributed by atoms with van der Waals surface area (Å²) >= 11 is 6.96. The second-order valence-electron chi connectivity index (χ2n) is 7.06. The molecule has 1 heterocycles. The summed E-state index contributed by atoms with van der Waals surface area (Å²) in [4.78, 5) is 0. The van der Waals surface area contributed by atoms with E-state index in [2.05, 4.69) is 37.0 Å². The molecule has 0 N–H and O–H groups in total. The third-order valence-electron chi connectivity index (χ3n) is 4.94. The summed E-state index contributed by atoms with van der Waals surface area (Å²) in [5.41, 5.74) is -1.57.